The van der Waals surface area contributed by atoms with Gasteiger partial charge in [-0.15, -0.1) is 0 Å². The van der Waals surface area contributed by atoms with Crippen LogP contribution in [-0.2, 0) is 97.2 Å². The molecule has 0 aliphatic rings. The average Bonchev–Trinajstić information content (AvgIpc) is 1.41. The zero-order chi connectivity index (χ0) is 13.5. The standard InChI is InChI=1S/2Co.3Cr.12O/q2*+3;;;;;;;;;;6*-1. The van der Waals surface area contributed by atoms with Crippen molar-refractivity contribution in [2.24, 2.45) is 0 Å². The van der Waals surface area contributed by atoms with Gasteiger partial charge in [0.1, 0.15) is 0 Å². The molecule has 0 heterocycles. The molecule has 12 nitrogen and oxygen atoms in total. The van der Waals surface area contributed by atoms with Crippen molar-refractivity contribution in [2.45, 2.75) is 0 Å². The zero-order valence-electron chi connectivity index (χ0n) is 6.79. The predicted molar refractivity (Wildman–Crippen MR) is 4.12 cm³/mol. The van der Waals surface area contributed by atoms with Crippen LogP contribution in [0, 0.1) is 0 Å². The summed E-state index contributed by atoms with van der Waals surface area (Å²) in [5.74, 6) is 0. The molecule has 0 rings (SSSR count). The Labute approximate surface area is 121 Å². The van der Waals surface area contributed by atoms with E-state index in [2.05, 4.69) is 0 Å². The Kier molecular flexibility index (Phi) is 22.2. The minimum atomic E-state index is -5.75. The van der Waals surface area contributed by atoms with Crippen molar-refractivity contribution in [1.82, 2.24) is 0 Å². The van der Waals surface area contributed by atoms with Gasteiger partial charge in [-0.1, -0.05) is 0 Å². The Bertz CT molecular complexity index is 341. The second kappa shape index (κ2) is 12.2. The summed E-state index contributed by atoms with van der Waals surface area (Å²) in [6.07, 6.45) is 0. The fourth-order valence-corrected chi connectivity index (χ4v) is 0. The van der Waals surface area contributed by atoms with E-state index in [1.165, 1.54) is 0 Å². The molecule has 0 saturated carbocycles. The molecule has 0 unspecified atom stereocenters. The molecule has 0 aliphatic heterocycles. The first-order valence-corrected chi connectivity index (χ1v) is 8.25. The molecule has 0 amide bonds. The summed E-state index contributed by atoms with van der Waals surface area (Å²) in [5.41, 5.74) is 0. The third kappa shape index (κ3) is 2880. The molecule has 0 bridgehead atoms. The second-order valence-electron chi connectivity index (χ2n) is 1.22. The number of hydrogen-bond donors (Lipinski definition) is 0. The van der Waals surface area contributed by atoms with Gasteiger partial charge in [-0.25, -0.2) is 0 Å². The van der Waals surface area contributed by atoms with E-state index in [0.717, 1.165) is 0 Å². The van der Waals surface area contributed by atoms with Crippen molar-refractivity contribution in [2.75, 3.05) is 0 Å². The monoisotopic (exact) mass is 466 g/mol. The molecule has 0 aromatic rings. The normalized spacial score (nSPS) is 10.2. The first-order chi connectivity index (χ1) is 6.00. The third-order valence-corrected chi connectivity index (χ3v) is 0. The topological polar surface area (TPSA) is 241 Å². The molecule has 17 heavy (non-hydrogen) atoms. The van der Waals surface area contributed by atoms with E-state index in [0.29, 0.717) is 0 Å². The van der Waals surface area contributed by atoms with E-state index < -0.39 is 40.8 Å². The molecule has 0 N–H and O–H groups in total. The van der Waals surface area contributed by atoms with Crippen molar-refractivity contribution < 1.29 is 122 Å². The van der Waals surface area contributed by atoms with E-state index >= 15 is 0 Å². The quantitative estimate of drug-likeness (QED) is 0.323. The Morgan fingerprint density at radius 1 is 0.412 bits per heavy atom. The summed E-state index contributed by atoms with van der Waals surface area (Å²) < 4.78 is 103. The van der Waals surface area contributed by atoms with Gasteiger partial charge in [-0.3, -0.25) is 0 Å². The molecule has 0 aliphatic carbocycles. The molecule has 0 aromatic carbocycles. The van der Waals surface area contributed by atoms with Crippen molar-refractivity contribution in [3.8, 4) is 0 Å². The first-order valence-electron chi connectivity index (χ1n) is 2.00. The maximum absolute atomic E-state index is 8.59. The van der Waals surface area contributed by atoms with E-state index in [9.17, 15) is 0 Å². The second-order valence-corrected chi connectivity index (χ2v) is 5.05. The van der Waals surface area contributed by atoms with Gasteiger partial charge in [-0.2, -0.15) is 0 Å². The van der Waals surface area contributed by atoms with Crippen molar-refractivity contribution in [3.05, 3.63) is 0 Å². The fraction of sp³-hybridized carbons (Fsp3) is 0. The van der Waals surface area contributed by atoms with E-state index in [1.54, 1.807) is 0 Å². The van der Waals surface area contributed by atoms with Crippen LogP contribution < -0.4 is 24.9 Å². The van der Waals surface area contributed by atoms with E-state index in [1.807, 2.05) is 0 Å². The van der Waals surface area contributed by atoms with Gasteiger partial charge in [0, 0.05) is 0 Å². The van der Waals surface area contributed by atoms with Gasteiger partial charge < -0.3 is 0 Å². The Balaban J connectivity index is -0.0000000400. The molecule has 0 radical (unpaired) electrons. The molecule has 0 saturated heterocycles. The van der Waals surface area contributed by atoms with Crippen LogP contribution in [-0.4, -0.2) is 0 Å². The molecule has 0 spiro atoms. The maximum atomic E-state index is 8.59. The van der Waals surface area contributed by atoms with E-state index in [4.69, 9.17) is 47.8 Å². The molecular weight excluding hydrogens is 466 g/mol. The predicted octanol–water partition coefficient (Wildman–Crippen LogP) is -7.86. The number of rotatable bonds is 0. The summed E-state index contributed by atoms with van der Waals surface area (Å²) >= 11 is -17.2. The third-order valence-electron chi connectivity index (χ3n) is 0. The van der Waals surface area contributed by atoms with Crippen molar-refractivity contribution in [1.29, 1.82) is 0 Å². The summed E-state index contributed by atoms with van der Waals surface area (Å²) in [4.78, 5) is 0. The molecular formula is Co2Cr3O12. The zero-order valence-corrected chi connectivity index (χ0v) is 12.7. The Hall–Kier alpha value is 1.17. The molecule has 17 heteroatoms. The van der Waals surface area contributed by atoms with Crippen LogP contribution in [0.1, 0.15) is 0 Å². The number of hydrogen-bond acceptors (Lipinski definition) is 12. The van der Waals surface area contributed by atoms with Gasteiger partial charge in [-0.05, 0) is 0 Å². The van der Waals surface area contributed by atoms with Crippen LogP contribution in [0.4, 0.5) is 0 Å². The van der Waals surface area contributed by atoms with Crippen LogP contribution in [0.3, 0.4) is 0 Å². The molecule has 0 atom stereocenters. The van der Waals surface area contributed by atoms with Crippen molar-refractivity contribution in [3.63, 3.8) is 0 Å². The summed E-state index contributed by atoms with van der Waals surface area (Å²) in [6, 6.07) is 0. The summed E-state index contributed by atoms with van der Waals surface area (Å²) in [5, 5.41) is 0. The van der Waals surface area contributed by atoms with Crippen LogP contribution in [0.5, 0.6) is 0 Å². The van der Waals surface area contributed by atoms with Crippen LogP contribution in [0.2, 0.25) is 0 Å². The first kappa shape index (κ1) is 30.9. The van der Waals surface area contributed by atoms with Gasteiger partial charge in [0.15, 0.2) is 0 Å². The van der Waals surface area contributed by atoms with Crippen LogP contribution >= 0.6 is 0 Å². The average molecular weight is 466 g/mol. The van der Waals surface area contributed by atoms with Gasteiger partial charge in [0.2, 0.25) is 0 Å². The van der Waals surface area contributed by atoms with Gasteiger partial charge >= 0.3 is 122 Å². The molecule has 108 valence electrons. The summed E-state index contributed by atoms with van der Waals surface area (Å²) in [7, 11) is 0. The fourth-order valence-electron chi connectivity index (χ4n) is 0. The molecule has 0 fully saturated rings. The van der Waals surface area contributed by atoms with Gasteiger partial charge in [0.25, 0.3) is 0 Å². The Morgan fingerprint density at radius 2 is 0.412 bits per heavy atom. The SMILES string of the molecule is [Co+3].[Co+3].[O]=[Cr](=[O])([O-])[O-].[O]=[Cr](=[O])([O-])[O-].[O]=[Cr](=[O])([O-])[O-]. The van der Waals surface area contributed by atoms with Crippen LogP contribution in [0.15, 0.2) is 0 Å². The van der Waals surface area contributed by atoms with Gasteiger partial charge in [0.05, 0.1) is 0 Å². The summed E-state index contributed by atoms with van der Waals surface area (Å²) in [6.45, 7) is 0. The minimum absolute atomic E-state index is 0. The van der Waals surface area contributed by atoms with Crippen LogP contribution in [0.25, 0.3) is 0 Å². The van der Waals surface area contributed by atoms with Crippen molar-refractivity contribution >= 4 is 0 Å². The molecule has 0 aromatic heterocycles. The Morgan fingerprint density at radius 3 is 0.412 bits per heavy atom. The van der Waals surface area contributed by atoms with E-state index in [-0.39, 0.29) is 33.6 Å².